The molecule has 1 heterocycles. The van der Waals surface area contributed by atoms with Gasteiger partial charge in [-0.3, -0.25) is 9.56 Å². The second kappa shape index (κ2) is 6.78. The fourth-order valence-electron chi connectivity index (χ4n) is 1.64. The fraction of sp³-hybridized carbons (Fsp3) is 0.286. The molecule has 1 aromatic heterocycles. The molecule has 1 aromatic carbocycles. The second-order valence-electron chi connectivity index (χ2n) is 4.29. The van der Waals surface area contributed by atoms with Crippen molar-refractivity contribution in [1.82, 2.24) is 4.57 Å². The van der Waals surface area contributed by atoms with E-state index in [-0.39, 0.29) is 5.88 Å². The minimum Gasteiger partial charge on any atom is -0.493 e. The van der Waals surface area contributed by atoms with Crippen LogP contribution < -0.4 is 0 Å². The zero-order valence-electron chi connectivity index (χ0n) is 11.4. The van der Waals surface area contributed by atoms with Crippen LogP contribution >= 0.6 is 23.6 Å². The van der Waals surface area contributed by atoms with Gasteiger partial charge in [-0.25, -0.2) is 0 Å². The maximum absolute atomic E-state index is 10.1. The molecule has 0 aliphatic heterocycles. The monoisotopic (exact) mass is 308 g/mol. The Morgan fingerprint density at radius 3 is 2.75 bits per heavy atom. The van der Waals surface area contributed by atoms with E-state index >= 15 is 0 Å². The zero-order valence-corrected chi connectivity index (χ0v) is 13.0. The summed E-state index contributed by atoms with van der Waals surface area (Å²) in [5.41, 5.74) is 2.03. The lowest BCUT2D eigenvalue weighted by Gasteiger charge is -2.02. The van der Waals surface area contributed by atoms with E-state index in [2.05, 4.69) is 4.99 Å². The van der Waals surface area contributed by atoms with Crippen molar-refractivity contribution in [2.45, 2.75) is 13.5 Å². The van der Waals surface area contributed by atoms with E-state index in [4.69, 9.17) is 17.0 Å². The molecule has 0 unspecified atom stereocenters. The van der Waals surface area contributed by atoms with Gasteiger partial charge < -0.3 is 9.84 Å². The molecule has 0 radical (unpaired) electrons. The smallest absolute Gasteiger partial charge is 0.212 e. The molecule has 0 atom stereocenters. The van der Waals surface area contributed by atoms with Crippen LogP contribution in [0, 0.1) is 10.9 Å². The van der Waals surface area contributed by atoms with Gasteiger partial charge in [0.25, 0.3) is 0 Å². The molecule has 2 aromatic rings. The van der Waals surface area contributed by atoms with Gasteiger partial charge in [0.1, 0.15) is 4.88 Å². The second-order valence-corrected chi connectivity index (χ2v) is 5.97. The Bertz CT molecular complexity index is 657. The largest absolute Gasteiger partial charge is 0.493 e. The van der Waals surface area contributed by atoms with Gasteiger partial charge in [0.15, 0.2) is 3.95 Å². The number of nitrogens with zero attached hydrogens (tertiary/aromatic N) is 2. The number of ether oxygens (including phenoxy) is 1. The molecule has 4 nitrogen and oxygen atoms in total. The van der Waals surface area contributed by atoms with Crippen molar-refractivity contribution in [3.8, 4) is 5.88 Å². The highest BCUT2D eigenvalue weighted by Gasteiger charge is 2.09. The predicted octanol–water partition coefficient (Wildman–Crippen LogP) is 3.69. The van der Waals surface area contributed by atoms with Crippen LogP contribution in [0.4, 0.5) is 5.69 Å². The number of benzene rings is 1. The van der Waals surface area contributed by atoms with Gasteiger partial charge in [-0.15, -0.1) is 0 Å². The van der Waals surface area contributed by atoms with E-state index in [0.717, 1.165) is 5.69 Å². The summed E-state index contributed by atoms with van der Waals surface area (Å²) in [7, 11) is 1.62. The molecule has 0 aliphatic carbocycles. The standard InChI is InChI=1S/C14H16N2O2S2/c1-10-3-5-11(6-4-10)15-9-12-13(17)16(7-8-18-2)14(19)20-12/h3-6,9,17H,7-8H2,1-2H3. The van der Waals surface area contributed by atoms with E-state index < -0.39 is 0 Å². The summed E-state index contributed by atoms with van der Waals surface area (Å²) in [4.78, 5) is 5.01. The van der Waals surface area contributed by atoms with Crippen LogP contribution in [0.5, 0.6) is 5.88 Å². The van der Waals surface area contributed by atoms with Gasteiger partial charge in [0, 0.05) is 7.11 Å². The maximum Gasteiger partial charge on any atom is 0.212 e. The number of aryl methyl sites for hydroxylation is 1. The summed E-state index contributed by atoms with van der Waals surface area (Å²) in [6.45, 7) is 3.07. The van der Waals surface area contributed by atoms with Gasteiger partial charge in [0.05, 0.1) is 25.1 Å². The molecule has 106 valence electrons. The summed E-state index contributed by atoms with van der Waals surface area (Å²) < 4.78 is 7.27. The van der Waals surface area contributed by atoms with Gasteiger partial charge in [-0.1, -0.05) is 29.0 Å². The summed E-state index contributed by atoms with van der Waals surface area (Å²) in [6, 6.07) is 7.87. The number of aromatic nitrogens is 1. The average Bonchev–Trinajstić information content (AvgIpc) is 2.71. The number of hydrogen-bond acceptors (Lipinski definition) is 5. The average molecular weight is 308 g/mol. The number of hydrogen-bond donors (Lipinski definition) is 1. The first-order valence-electron chi connectivity index (χ1n) is 6.14. The van der Waals surface area contributed by atoms with E-state index in [1.54, 1.807) is 17.9 Å². The molecule has 2 rings (SSSR count). The van der Waals surface area contributed by atoms with Crippen molar-refractivity contribution in [2.24, 2.45) is 4.99 Å². The Morgan fingerprint density at radius 2 is 2.10 bits per heavy atom. The Morgan fingerprint density at radius 1 is 1.40 bits per heavy atom. The minimum atomic E-state index is 0.146. The van der Waals surface area contributed by atoms with Crippen molar-refractivity contribution in [3.05, 3.63) is 38.7 Å². The molecule has 0 bridgehead atoms. The van der Waals surface area contributed by atoms with E-state index in [1.165, 1.54) is 16.9 Å². The molecular formula is C14H16N2O2S2. The van der Waals surface area contributed by atoms with Crippen molar-refractivity contribution in [1.29, 1.82) is 0 Å². The van der Waals surface area contributed by atoms with E-state index in [1.807, 2.05) is 31.2 Å². The highest BCUT2D eigenvalue weighted by atomic mass is 32.1. The lowest BCUT2D eigenvalue weighted by molar-refractivity contribution is 0.183. The summed E-state index contributed by atoms with van der Waals surface area (Å²) in [5.74, 6) is 0.146. The third-order valence-electron chi connectivity index (χ3n) is 2.78. The molecule has 0 spiro atoms. The topological polar surface area (TPSA) is 46.8 Å². The Kier molecular flexibility index (Phi) is 5.05. The molecule has 0 saturated heterocycles. The van der Waals surface area contributed by atoms with Gasteiger partial charge in [0.2, 0.25) is 5.88 Å². The van der Waals surface area contributed by atoms with Crippen molar-refractivity contribution in [2.75, 3.05) is 13.7 Å². The lowest BCUT2D eigenvalue weighted by atomic mass is 10.2. The zero-order chi connectivity index (χ0) is 14.5. The van der Waals surface area contributed by atoms with Gasteiger partial charge in [-0.2, -0.15) is 0 Å². The number of aromatic hydroxyl groups is 1. The van der Waals surface area contributed by atoms with E-state index in [0.29, 0.717) is 22.0 Å². The molecule has 6 heteroatoms. The number of thiazole rings is 1. The van der Waals surface area contributed by atoms with Crippen LogP contribution in [0.2, 0.25) is 0 Å². The first-order chi connectivity index (χ1) is 9.61. The van der Waals surface area contributed by atoms with Gasteiger partial charge >= 0.3 is 0 Å². The number of rotatable bonds is 5. The van der Waals surface area contributed by atoms with Crippen LogP contribution in [0.1, 0.15) is 10.4 Å². The molecule has 0 aliphatic rings. The minimum absolute atomic E-state index is 0.146. The third-order valence-corrected chi connectivity index (χ3v) is 4.15. The number of methoxy groups -OCH3 is 1. The highest BCUT2D eigenvalue weighted by Crippen LogP contribution is 2.25. The molecule has 0 fully saturated rings. The van der Waals surface area contributed by atoms with E-state index in [9.17, 15) is 5.11 Å². The quantitative estimate of drug-likeness (QED) is 0.677. The normalized spacial score (nSPS) is 11.3. The molecule has 0 saturated carbocycles. The molecular weight excluding hydrogens is 292 g/mol. The first-order valence-corrected chi connectivity index (χ1v) is 7.36. The summed E-state index contributed by atoms with van der Waals surface area (Å²) >= 11 is 6.56. The fourth-order valence-corrected chi connectivity index (χ4v) is 2.87. The Labute approximate surface area is 127 Å². The SMILES string of the molecule is COCCn1c(O)c(C=Nc2ccc(C)cc2)sc1=S. The lowest BCUT2D eigenvalue weighted by Crippen LogP contribution is -2.03. The van der Waals surface area contributed by atoms with Crippen LogP contribution in [0.3, 0.4) is 0 Å². The third kappa shape index (κ3) is 3.53. The van der Waals surface area contributed by atoms with Gasteiger partial charge in [-0.05, 0) is 31.3 Å². The summed E-state index contributed by atoms with van der Waals surface area (Å²) in [5, 5.41) is 10.1. The maximum atomic E-state index is 10.1. The Hall–Kier alpha value is -1.50. The van der Waals surface area contributed by atoms with Crippen LogP contribution in [0.25, 0.3) is 0 Å². The van der Waals surface area contributed by atoms with Crippen molar-refractivity contribution in [3.63, 3.8) is 0 Å². The van der Waals surface area contributed by atoms with Crippen LogP contribution in [0.15, 0.2) is 29.3 Å². The number of aliphatic imine (C=N–C) groups is 1. The predicted molar refractivity (Wildman–Crippen MR) is 85.1 cm³/mol. The van der Waals surface area contributed by atoms with Crippen molar-refractivity contribution >= 4 is 35.5 Å². The molecule has 20 heavy (non-hydrogen) atoms. The van der Waals surface area contributed by atoms with Crippen LogP contribution in [-0.4, -0.2) is 29.6 Å². The molecule has 1 N–H and O–H groups in total. The summed E-state index contributed by atoms with van der Waals surface area (Å²) in [6.07, 6.45) is 1.64. The first kappa shape index (κ1) is 14.9. The Balaban J connectivity index is 2.21. The highest BCUT2D eigenvalue weighted by molar-refractivity contribution is 7.73. The van der Waals surface area contributed by atoms with Crippen molar-refractivity contribution < 1.29 is 9.84 Å². The van der Waals surface area contributed by atoms with Crippen LogP contribution in [-0.2, 0) is 11.3 Å². The molecule has 0 amide bonds.